The quantitative estimate of drug-likeness (QED) is 0.804. The molecule has 1 N–H and O–H groups in total. The lowest BCUT2D eigenvalue weighted by molar-refractivity contribution is -0.124. The molecule has 0 bridgehead atoms. The van der Waals surface area contributed by atoms with Crippen LogP contribution < -0.4 is 10.2 Å². The molecule has 1 spiro atoms. The maximum atomic E-state index is 12.3. The average Bonchev–Trinajstić information content (AvgIpc) is 2.25. The number of likely N-dealkylation sites (N-methyl/N-ethyl adjacent to an activating group) is 1. The molecule has 1 aromatic rings. The number of benzene rings is 1. The molecule has 17 heavy (non-hydrogen) atoms. The molecular weight excluding hydrogens is 212 g/mol. The zero-order valence-electron chi connectivity index (χ0n) is 10.4. The van der Waals surface area contributed by atoms with Crippen LogP contribution in [0, 0.1) is 6.92 Å². The van der Waals surface area contributed by atoms with Crippen molar-refractivity contribution in [1.82, 2.24) is 0 Å². The van der Waals surface area contributed by atoms with Crippen molar-refractivity contribution in [2.75, 3.05) is 16.8 Å². The second kappa shape index (κ2) is 3.49. The van der Waals surface area contributed by atoms with Gasteiger partial charge in [-0.2, -0.15) is 0 Å². The highest BCUT2D eigenvalue weighted by Gasteiger charge is 2.51. The molecular formula is C14H18N2O. The Labute approximate surface area is 102 Å². The van der Waals surface area contributed by atoms with Crippen LogP contribution >= 0.6 is 0 Å². The van der Waals surface area contributed by atoms with E-state index in [9.17, 15) is 4.79 Å². The highest BCUT2D eigenvalue weighted by molar-refractivity contribution is 6.07. The van der Waals surface area contributed by atoms with Crippen LogP contribution in [0.15, 0.2) is 18.2 Å². The Kier molecular flexibility index (Phi) is 2.18. The Hall–Kier alpha value is -1.51. The standard InChI is InChI=1S/C14H18N2O/c1-3-16-12-9-10(2)5-6-11(12)15-13(17)14(16)7-4-8-14/h5-6,9H,3-4,7-8H2,1-2H3,(H,15,17). The summed E-state index contributed by atoms with van der Waals surface area (Å²) in [6.45, 7) is 5.12. The van der Waals surface area contributed by atoms with Crippen molar-refractivity contribution in [1.29, 1.82) is 0 Å². The Bertz CT molecular complexity index is 477. The van der Waals surface area contributed by atoms with Crippen LogP contribution in [0.1, 0.15) is 31.7 Å². The Morgan fingerprint density at radius 1 is 1.41 bits per heavy atom. The van der Waals surface area contributed by atoms with Crippen LogP contribution in [0.5, 0.6) is 0 Å². The number of rotatable bonds is 1. The number of anilines is 2. The number of amides is 1. The van der Waals surface area contributed by atoms with Gasteiger partial charge >= 0.3 is 0 Å². The van der Waals surface area contributed by atoms with Crippen LogP contribution in [0.3, 0.4) is 0 Å². The molecule has 1 heterocycles. The topological polar surface area (TPSA) is 32.3 Å². The maximum Gasteiger partial charge on any atom is 0.250 e. The molecule has 0 atom stereocenters. The summed E-state index contributed by atoms with van der Waals surface area (Å²) in [7, 11) is 0. The minimum absolute atomic E-state index is 0.182. The SMILES string of the molecule is CCN1c2cc(C)ccc2NC(=O)C12CCC2. The smallest absolute Gasteiger partial charge is 0.250 e. The summed E-state index contributed by atoms with van der Waals surface area (Å²) in [6, 6.07) is 6.24. The molecule has 0 aromatic heterocycles. The van der Waals surface area contributed by atoms with Crippen LogP contribution in [0.4, 0.5) is 11.4 Å². The highest BCUT2D eigenvalue weighted by atomic mass is 16.2. The van der Waals surface area contributed by atoms with Gasteiger partial charge in [0.05, 0.1) is 11.4 Å². The van der Waals surface area contributed by atoms with Crippen molar-refractivity contribution in [2.24, 2.45) is 0 Å². The van der Waals surface area contributed by atoms with Crippen LogP contribution in [-0.4, -0.2) is 18.0 Å². The normalized spacial score (nSPS) is 20.8. The number of carbonyl (C=O) groups is 1. The second-order valence-electron chi connectivity index (χ2n) is 5.10. The monoisotopic (exact) mass is 230 g/mol. The molecule has 3 rings (SSSR count). The van der Waals surface area contributed by atoms with Gasteiger partial charge in [0, 0.05) is 6.54 Å². The summed E-state index contributed by atoms with van der Waals surface area (Å²) in [5.74, 6) is 0.182. The van der Waals surface area contributed by atoms with Gasteiger partial charge in [0.2, 0.25) is 5.91 Å². The van der Waals surface area contributed by atoms with E-state index < -0.39 is 0 Å². The van der Waals surface area contributed by atoms with Crippen LogP contribution in [0.25, 0.3) is 0 Å². The predicted molar refractivity (Wildman–Crippen MR) is 69.4 cm³/mol. The lowest BCUT2D eigenvalue weighted by Gasteiger charge is -2.52. The fourth-order valence-electron chi connectivity index (χ4n) is 3.04. The van der Waals surface area contributed by atoms with Crippen molar-refractivity contribution < 1.29 is 4.79 Å². The van der Waals surface area contributed by atoms with Gasteiger partial charge in [-0.25, -0.2) is 0 Å². The molecule has 0 saturated heterocycles. The first-order valence-electron chi connectivity index (χ1n) is 6.37. The summed E-state index contributed by atoms with van der Waals surface area (Å²) < 4.78 is 0. The van der Waals surface area contributed by atoms with E-state index in [-0.39, 0.29) is 11.4 Å². The zero-order valence-corrected chi connectivity index (χ0v) is 10.4. The third-order valence-electron chi connectivity index (χ3n) is 4.13. The fourth-order valence-corrected chi connectivity index (χ4v) is 3.04. The Morgan fingerprint density at radius 3 is 2.76 bits per heavy atom. The molecule has 2 aliphatic rings. The second-order valence-corrected chi connectivity index (χ2v) is 5.10. The Morgan fingerprint density at radius 2 is 2.18 bits per heavy atom. The zero-order chi connectivity index (χ0) is 12.0. The van der Waals surface area contributed by atoms with E-state index in [1.807, 2.05) is 12.1 Å². The van der Waals surface area contributed by atoms with E-state index >= 15 is 0 Å². The first-order valence-corrected chi connectivity index (χ1v) is 6.37. The number of carbonyl (C=O) groups excluding carboxylic acids is 1. The molecule has 90 valence electrons. The first kappa shape index (κ1) is 10.6. The average molecular weight is 230 g/mol. The molecule has 1 amide bonds. The minimum Gasteiger partial charge on any atom is -0.356 e. The molecule has 0 unspecified atom stereocenters. The van der Waals surface area contributed by atoms with E-state index in [2.05, 4.69) is 30.1 Å². The van der Waals surface area contributed by atoms with E-state index in [0.717, 1.165) is 31.5 Å². The van der Waals surface area contributed by atoms with Crippen molar-refractivity contribution in [3.05, 3.63) is 23.8 Å². The third-order valence-corrected chi connectivity index (χ3v) is 4.13. The van der Waals surface area contributed by atoms with E-state index in [1.54, 1.807) is 0 Å². The van der Waals surface area contributed by atoms with Crippen molar-refractivity contribution in [3.8, 4) is 0 Å². The lowest BCUT2D eigenvalue weighted by atomic mass is 9.73. The summed E-state index contributed by atoms with van der Waals surface area (Å²) in [6.07, 6.45) is 3.13. The van der Waals surface area contributed by atoms with Crippen LogP contribution in [-0.2, 0) is 4.79 Å². The number of aryl methyl sites for hydroxylation is 1. The number of fused-ring (bicyclic) bond motifs is 1. The van der Waals surface area contributed by atoms with Crippen LogP contribution in [0.2, 0.25) is 0 Å². The summed E-state index contributed by atoms with van der Waals surface area (Å²) in [5.41, 5.74) is 3.13. The lowest BCUT2D eigenvalue weighted by Crippen LogP contribution is -2.63. The molecule has 3 heteroatoms. The number of nitrogens with one attached hydrogen (secondary N) is 1. The molecule has 1 aliphatic heterocycles. The number of hydrogen-bond donors (Lipinski definition) is 1. The number of hydrogen-bond acceptors (Lipinski definition) is 2. The molecule has 0 radical (unpaired) electrons. The van der Waals surface area contributed by atoms with Gasteiger partial charge in [0.15, 0.2) is 0 Å². The van der Waals surface area contributed by atoms with E-state index in [0.29, 0.717) is 0 Å². The van der Waals surface area contributed by atoms with Crippen molar-refractivity contribution in [2.45, 2.75) is 38.6 Å². The largest absolute Gasteiger partial charge is 0.356 e. The van der Waals surface area contributed by atoms with Gasteiger partial charge in [-0.1, -0.05) is 6.07 Å². The maximum absolute atomic E-state index is 12.3. The van der Waals surface area contributed by atoms with Gasteiger partial charge in [-0.15, -0.1) is 0 Å². The van der Waals surface area contributed by atoms with Gasteiger partial charge in [0.1, 0.15) is 5.54 Å². The third kappa shape index (κ3) is 1.31. The summed E-state index contributed by atoms with van der Waals surface area (Å²) in [4.78, 5) is 14.6. The van der Waals surface area contributed by atoms with E-state index in [1.165, 1.54) is 11.3 Å². The predicted octanol–water partition coefficient (Wildman–Crippen LogP) is 2.70. The molecule has 1 saturated carbocycles. The number of nitrogens with zero attached hydrogens (tertiary/aromatic N) is 1. The summed E-state index contributed by atoms with van der Waals surface area (Å²) >= 11 is 0. The van der Waals surface area contributed by atoms with Gasteiger partial charge in [-0.3, -0.25) is 4.79 Å². The summed E-state index contributed by atoms with van der Waals surface area (Å²) in [5, 5.41) is 3.06. The molecule has 3 nitrogen and oxygen atoms in total. The van der Waals surface area contributed by atoms with Gasteiger partial charge < -0.3 is 10.2 Å². The highest BCUT2D eigenvalue weighted by Crippen LogP contribution is 2.46. The van der Waals surface area contributed by atoms with Crippen molar-refractivity contribution in [3.63, 3.8) is 0 Å². The Balaban J connectivity index is 2.13. The molecule has 1 fully saturated rings. The molecule has 1 aliphatic carbocycles. The fraction of sp³-hybridized carbons (Fsp3) is 0.500. The minimum atomic E-state index is -0.254. The van der Waals surface area contributed by atoms with Crippen molar-refractivity contribution >= 4 is 17.3 Å². The molecule has 1 aromatic carbocycles. The van der Waals surface area contributed by atoms with Gasteiger partial charge in [0.25, 0.3) is 0 Å². The first-order chi connectivity index (χ1) is 8.17. The van der Waals surface area contributed by atoms with Gasteiger partial charge in [-0.05, 0) is 50.8 Å². The van der Waals surface area contributed by atoms with E-state index in [4.69, 9.17) is 0 Å².